The van der Waals surface area contributed by atoms with Crippen LogP contribution in [0.15, 0.2) is 72.9 Å². The highest BCUT2D eigenvalue weighted by atomic mass is 19.1. The van der Waals surface area contributed by atoms with Gasteiger partial charge in [0, 0.05) is 17.9 Å². The van der Waals surface area contributed by atoms with Gasteiger partial charge in [0.2, 0.25) is 5.91 Å². The summed E-state index contributed by atoms with van der Waals surface area (Å²) < 4.78 is 13.7. The number of rotatable bonds is 6. The van der Waals surface area contributed by atoms with Crippen LogP contribution in [0.3, 0.4) is 0 Å². The first kappa shape index (κ1) is 22.6. The first-order valence-corrected chi connectivity index (χ1v) is 11.4. The Morgan fingerprint density at radius 2 is 1.67 bits per heavy atom. The number of nitrogens with zero attached hydrogens (tertiary/aromatic N) is 2. The molecule has 1 unspecified atom stereocenters. The molecule has 1 atom stereocenters. The highest BCUT2D eigenvalue weighted by molar-refractivity contribution is 6.09. The summed E-state index contributed by atoms with van der Waals surface area (Å²) in [7, 11) is 0. The molecule has 3 aromatic rings. The number of benzene rings is 2. The first-order chi connectivity index (χ1) is 16.0. The summed E-state index contributed by atoms with van der Waals surface area (Å²) in [5.74, 6) is -1.07. The molecule has 170 valence electrons. The molecule has 33 heavy (non-hydrogen) atoms. The lowest BCUT2D eigenvalue weighted by Gasteiger charge is -2.33. The van der Waals surface area contributed by atoms with Crippen molar-refractivity contribution < 1.29 is 14.0 Å². The topological polar surface area (TPSA) is 62.3 Å². The molecule has 0 bridgehead atoms. The quantitative estimate of drug-likeness (QED) is 0.555. The Balaban J connectivity index is 1.79. The zero-order valence-electron chi connectivity index (χ0n) is 18.7. The van der Waals surface area contributed by atoms with Crippen LogP contribution in [0.4, 0.5) is 10.1 Å². The van der Waals surface area contributed by atoms with Gasteiger partial charge in [-0.2, -0.15) is 0 Å². The maximum absolute atomic E-state index is 13.7. The van der Waals surface area contributed by atoms with E-state index in [0.29, 0.717) is 11.3 Å². The number of hydrogen-bond acceptors (Lipinski definition) is 3. The van der Waals surface area contributed by atoms with Gasteiger partial charge in [-0.05, 0) is 61.7 Å². The summed E-state index contributed by atoms with van der Waals surface area (Å²) in [6.45, 7) is 1.96. The summed E-state index contributed by atoms with van der Waals surface area (Å²) in [6, 6.07) is 17.4. The van der Waals surface area contributed by atoms with E-state index in [0.717, 1.165) is 31.2 Å². The predicted molar refractivity (Wildman–Crippen MR) is 126 cm³/mol. The van der Waals surface area contributed by atoms with Gasteiger partial charge in [-0.1, -0.05) is 55.2 Å². The molecule has 5 nitrogen and oxygen atoms in total. The number of carbonyl (C=O) groups is 2. The van der Waals surface area contributed by atoms with E-state index in [-0.39, 0.29) is 17.6 Å². The average Bonchev–Trinajstić information content (AvgIpc) is 2.85. The largest absolute Gasteiger partial charge is 0.351 e. The van der Waals surface area contributed by atoms with Gasteiger partial charge < -0.3 is 5.32 Å². The number of amides is 2. The van der Waals surface area contributed by atoms with Crippen molar-refractivity contribution in [3.05, 3.63) is 95.6 Å². The van der Waals surface area contributed by atoms with Gasteiger partial charge in [0.25, 0.3) is 5.91 Å². The summed E-state index contributed by atoms with van der Waals surface area (Å²) in [5.41, 5.74) is 2.38. The van der Waals surface area contributed by atoms with Crippen molar-refractivity contribution in [2.45, 2.75) is 51.1 Å². The normalized spacial score (nSPS) is 15.0. The van der Waals surface area contributed by atoms with Crippen molar-refractivity contribution in [2.24, 2.45) is 0 Å². The molecular formula is C27H28FN3O2. The minimum absolute atomic E-state index is 0.0685. The molecule has 1 saturated carbocycles. The molecule has 1 heterocycles. The lowest BCUT2D eigenvalue weighted by Crippen LogP contribution is -2.47. The van der Waals surface area contributed by atoms with Gasteiger partial charge in [0.15, 0.2) is 0 Å². The van der Waals surface area contributed by atoms with Crippen molar-refractivity contribution in [1.29, 1.82) is 0 Å². The Bertz CT molecular complexity index is 1080. The molecular weight excluding hydrogens is 417 g/mol. The van der Waals surface area contributed by atoms with E-state index in [1.54, 1.807) is 36.5 Å². The van der Waals surface area contributed by atoms with Gasteiger partial charge in [0.1, 0.15) is 17.6 Å². The van der Waals surface area contributed by atoms with Gasteiger partial charge >= 0.3 is 0 Å². The highest BCUT2D eigenvalue weighted by Crippen LogP contribution is 2.31. The Kier molecular flexibility index (Phi) is 7.13. The predicted octanol–water partition coefficient (Wildman–Crippen LogP) is 5.37. The molecule has 4 rings (SSSR count). The van der Waals surface area contributed by atoms with Gasteiger partial charge in [0.05, 0.1) is 0 Å². The Morgan fingerprint density at radius 3 is 2.30 bits per heavy atom. The minimum Gasteiger partial charge on any atom is -0.351 e. The van der Waals surface area contributed by atoms with Gasteiger partial charge in [-0.25, -0.2) is 4.39 Å². The van der Waals surface area contributed by atoms with E-state index in [9.17, 15) is 14.0 Å². The van der Waals surface area contributed by atoms with Gasteiger partial charge in [-0.15, -0.1) is 0 Å². The lowest BCUT2D eigenvalue weighted by molar-refractivity contribution is -0.123. The summed E-state index contributed by atoms with van der Waals surface area (Å²) in [4.78, 5) is 33.1. The first-order valence-electron chi connectivity index (χ1n) is 11.4. The van der Waals surface area contributed by atoms with Crippen LogP contribution in [0.25, 0.3) is 0 Å². The Labute approximate surface area is 193 Å². The number of aryl methyl sites for hydroxylation is 1. The van der Waals surface area contributed by atoms with Crippen LogP contribution < -0.4 is 10.2 Å². The maximum atomic E-state index is 13.7. The fourth-order valence-corrected chi connectivity index (χ4v) is 4.29. The fourth-order valence-electron chi connectivity index (χ4n) is 4.29. The van der Waals surface area contributed by atoms with E-state index < -0.39 is 17.8 Å². The van der Waals surface area contributed by atoms with Crippen molar-refractivity contribution in [2.75, 3.05) is 4.90 Å². The smallest absolute Gasteiger partial charge is 0.277 e. The molecule has 0 radical (unpaired) electrons. The third-order valence-corrected chi connectivity index (χ3v) is 6.06. The maximum Gasteiger partial charge on any atom is 0.277 e. The zero-order chi connectivity index (χ0) is 23.2. The summed E-state index contributed by atoms with van der Waals surface area (Å²) in [6.07, 6.45) is 6.69. The molecule has 1 fully saturated rings. The summed E-state index contributed by atoms with van der Waals surface area (Å²) in [5, 5.41) is 3.15. The van der Waals surface area contributed by atoms with E-state index in [2.05, 4.69) is 10.3 Å². The second-order valence-electron chi connectivity index (χ2n) is 8.52. The SMILES string of the molecule is Cc1ccc(N(C(=O)c2ccccn2)C(C(=O)NC2CCCCC2)c2ccc(F)cc2)cc1. The number of anilines is 1. The molecule has 0 saturated heterocycles. The van der Waals surface area contributed by atoms with Gasteiger partial charge in [-0.3, -0.25) is 19.5 Å². The van der Waals surface area contributed by atoms with Crippen LogP contribution in [0.2, 0.25) is 0 Å². The molecule has 0 spiro atoms. The molecule has 1 aromatic heterocycles. The molecule has 2 amide bonds. The Hall–Kier alpha value is -3.54. The average molecular weight is 446 g/mol. The van der Waals surface area contributed by atoms with Crippen LogP contribution in [-0.2, 0) is 4.79 Å². The van der Waals surface area contributed by atoms with Crippen molar-refractivity contribution >= 4 is 17.5 Å². The van der Waals surface area contributed by atoms with E-state index in [1.807, 2.05) is 31.2 Å². The lowest BCUT2D eigenvalue weighted by atomic mass is 9.94. The molecule has 1 aliphatic carbocycles. The molecule has 2 aromatic carbocycles. The second kappa shape index (κ2) is 10.4. The number of aromatic nitrogens is 1. The van der Waals surface area contributed by atoms with E-state index in [4.69, 9.17) is 0 Å². The molecule has 6 heteroatoms. The second-order valence-corrected chi connectivity index (χ2v) is 8.52. The number of nitrogens with one attached hydrogen (secondary N) is 1. The number of halogens is 1. The minimum atomic E-state index is -0.968. The van der Waals surface area contributed by atoms with Crippen LogP contribution in [-0.4, -0.2) is 22.8 Å². The molecule has 0 aliphatic heterocycles. The van der Waals surface area contributed by atoms with Crippen LogP contribution in [0.5, 0.6) is 0 Å². The van der Waals surface area contributed by atoms with Crippen molar-refractivity contribution in [3.8, 4) is 0 Å². The molecule has 1 N–H and O–H groups in total. The fraction of sp³-hybridized carbons (Fsp3) is 0.296. The van der Waals surface area contributed by atoms with E-state index in [1.165, 1.54) is 23.5 Å². The summed E-state index contributed by atoms with van der Waals surface area (Å²) >= 11 is 0. The zero-order valence-corrected chi connectivity index (χ0v) is 18.7. The van der Waals surface area contributed by atoms with Crippen LogP contribution in [0.1, 0.15) is 59.8 Å². The standard InChI is InChI=1S/C27H28FN3O2/c1-19-10-16-23(17-11-19)31(27(33)24-9-5-6-18-29-24)25(20-12-14-21(28)15-13-20)26(32)30-22-7-3-2-4-8-22/h5-6,9-18,22,25H,2-4,7-8H2,1H3,(H,30,32). The van der Waals surface area contributed by atoms with Crippen LogP contribution >= 0.6 is 0 Å². The third kappa shape index (κ3) is 5.45. The molecule has 1 aliphatic rings. The third-order valence-electron chi connectivity index (χ3n) is 6.06. The number of pyridine rings is 1. The highest BCUT2D eigenvalue weighted by Gasteiger charge is 2.35. The Morgan fingerprint density at radius 1 is 0.970 bits per heavy atom. The van der Waals surface area contributed by atoms with Crippen molar-refractivity contribution in [1.82, 2.24) is 10.3 Å². The van der Waals surface area contributed by atoms with Crippen molar-refractivity contribution in [3.63, 3.8) is 0 Å². The number of carbonyl (C=O) groups excluding carboxylic acids is 2. The monoisotopic (exact) mass is 445 g/mol. The van der Waals surface area contributed by atoms with Crippen LogP contribution in [0, 0.1) is 12.7 Å². The number of hydrogen-bond donors (Lipinski definition) is 1. The van der Waals surface area contributed by atoms with E-state index >= 15 is 0 Å².